The number of Topliss-reactive ketones (excluding diaryl/α,β-unsaturated/α-hetero) is 2. The maximum Gasteiger partial charge on any atom is 0.221 e. The molecule has 1 aromatic carbocycles. The molecule has 0 saturated carbocycles. The highest BCUT2D eigenvalue weighted by atomic mass is 79.9. The maximum absolute atomic E-state index is 12.5. The molecule has 0 amide bonds. The predicted octanol–water partition coefficient (Wildman–Crippen LogP) is 3.94. The topological polar surface area (TPSA) is 59.1 Å². The minimum absolute atomic E-state index is 0.177. The highest BCUT2D eigenvalue weighted by Crippen LogP contribution is 2.29. The number of pyridine rings is 1. The van der Waals surface area contributed by atoms with Crippen LogP contribution in [-0.4, -0.2) is 16.6 Å². The third kappa shape index (κ3) is 2.56. The van der Waals surface area contributed by atoms with Gasteiger partial charge in [0.15, 0.2) is 0 Å². The molecule has 0 bridgehead atoms. The van der Waals surface area contributed by atoms with E-state index in [4.69, 9.17) is 0 Å². The minimum atomic E-state index is -0.301. The van der Waals surface area contributed by atoms with E-state index in [1.54, 1.807) is 12.1 Å². The van der Waals surface area contributed by atoms with Crippen LogP contribution >= 0.6 is 31.9 Å². The van der Waals surface area contributed by atoms with E-state index in [0.717, 1.165) is 10.2 Å². The molecule has 6 heteroatoms. The molecule has 4 nitrogen and oxygen atoms in total. The summed E-state index contributed by atoms with van der Waals surface area (Å²) in [4.78, 5) is 28.7. The Morgan fingerprint density at radius 1 is 0.952 bits per heavy atom. The SMILES string of the molecule is O=C1C(Nc2ccc(Br)cc2)=C(Br)C(=O)c2ncccc21. The van der Waals surface area contributed by atoms with Gasteiger partial charge in [-0.05, 0) is 52.3 Å². The van der Waals surface area contributed by atoms with Gasteiger partial charge in [0, 0.05) is 16.4 Å². The van der Waals surface area contributed by atoms with E-state index in [1.807, 2.05) is 24.3 Å². The average Bonchev–Trinajstić information content (AvgIpc) is 2.51. The summed E-state index contributed by atoms with van der Waals surface area (Å²) in [5, 5.41) is 2.99. The summed E-state index contributed by atoms with van der Waals surface area (Å²) in [6, 6.07) is 10.6. The molecule has 2 aromatic rings. The number of nitrogens with zero attached hydrogens (tertiary/aromatic N) is 1. The van der Waals surface area contributed by atoms with E-state index in [9.17, 15) is 9.59 Å². The Hall–Kier alpha value is -1.79. The van der Waals surface area contributed by atoms with Gasteiger partial charge < -0.3 is 5.32 Å². The van der Waals surface area contributed by atoms with Crippen molar-refractivity contribution < 1.29 is 9.59 Å². The number of allylic oxidation sites excluding steroid dienone is 2. The second kappa shape index (κ2) is 5.54. The smallest absolute Gasteiger partial charge is 0.221 e. The Labute approximate surface area is 137 Å². The predicted molar refractivity (Wildman–Crippen MR) is 86.6 cm³/mol. The molecule has 1 aliphatic carbocycles. The first-order valence-corrected chi connectivity index (χ1v) is 7.63. The Kier molecular flexibility index (Phi) is 3.73. The van der Waals surface area contributed by atoms with Crippen LogP contribution in [0.15, 0.2) is 57.2 Å². The molecule has 0 saturated heterocycles. The number of rotatable bonds is 2. The quantitative estimate of drug-likeness (QED) is 0.818. The maximum atomic E-state index is 12.5. The van der Waals surface area contributed by atoms with E-state index >= 15 is 0 Å². The number of hydrogen-bond donors (Lipinski definition) is 1. The van der Waals surface area contributed by atoms with Crippen molar-refractivity contribution in [1.29, 1.82) is 0 Å². The Morgan fingerprint density at radius 3 is 2.38 bits per heavy atom. The van der Waals surface area contributed by atoms with Crippen LogP contribution in [0.1, 0.15) is 20.8 Å². The van der Waals surface area contributed by atoms with Crippen LogP contribution in [0.3, 0.4) is 0 Å². The number of benzene rings is 1. The van der Waals surface area contributed by atoms with Crippen molar-refractivity contribution in [1.82, 2.24) is 4.98 Å². The first kappa shape index (κ1) is 14.2. The summed E-state index contributed by atoms with van der Waals surface area (Å²) in [6.07, 6.45) is 1.50. The van der Waals surface area contributed by atoms with Crippen molar-refractivity contribution in [3.8, 4) is 0 Å². The Bertz CT molecular complexity index is 783. The number of ketones is 2. The van der Waals surface area contributed by atoms with Gasteiger partial charge in [0.2, 0.25) is 11.6 Å². The number of anilines is 1. The summed E-state index contributed by atoms with van der Waals surface area (Å²) in [5.41, 5.74) is 1.43. The number of fused-ring (bicyclic) bond motifs is 1. The summed E-state index contributed by atoms with van der Waals surface area (Å²) in [5.74, 6) is -0.558. The second-order valence-electron chi connectivity index (χ2n) is 4.38. The molecule has 1 aromatic heterocycles. The molecule has 104 valence electrons. The largest absolute Gasteiger partial charge is 0.351 e. The second-order valence-corrected chi connectivity index (χ2v) is 6.09. The van der Waals surface area contributed by atoms with Gasteiger partial charge >= 0.3 is 0 Å². The molecule has 1 N–H and O–H groups in total. The molecule has 3 rings (SSSR count). The fraction of sp³-hybridized carbons (Fsp3) is 0. The molecule has 0 spiro atoms. The van der Waals surface area contributed by atoms with Gasteiger partial charge in [0.25, 0.3) is 0 Å². The van der Waals surface area contributed by atoms with Crippen LogP contribution < -0.4 is 5.32 Å². The zero-order chi connectivity index (χ0) is 15.0. The summed E-state index contributed by atoms with van der Waals surface area (Å²) < 4.78 is 1.13. The number of aromatic nitrogens is 1. The molecule has 0 atom stereocenters. The third-order valence-corrected chi connectivity index (χ3v) is 4.31. The van der Waals surface area contributed by atoms with Crippen molar-refractivity contribution >= 4 is 49.1 Å². The minimum Gasteiger partial charge on any atom is -0.351 e. The van der Waals surface area contributed by atoms with Gasteiger partial charge in [0.05, 0.1) is 10.0 Å². The number of carbonyl (C=O) groups excluding carboxylic acids is 2. The van der Waals surface area contributed by atoms with Crippen LogP contribution in [0, 0.1) is 0 Å². The number of hydrogen-bond acceptors (Lipinski definition) is 4. The lowest BCUT2D eigenvalue weighted by Crippen LogP contribution is -2.25. The van der Waals surface area contributed by atoms with Crippen LogP contribution in [0.5, 0.6) is 0 Å². The number of halogens is 2. The van der Waals surface area contributed by atoms with E-state index < -0.39 is 0 Å². The van der Waals surface area contributed by atoms with Crippen molar-refractivity contribution in [3.63, 3.8) is 0 Å². The Balaban J connectivity index is 2.02. The standard InChI is InChI=1S/C15H8Br2N2O2/c16-8-3-5-9(6-4-8)19-13-11(17)15(21)12-10(14(13)20)2-1-7-18-12/h1-7,19H. The fourth-order valence-electron chi connectivity index (χ4n) is 2.01. The molecule has 21 heavy (non-hydrogen) atoms. The van der Waals surface area contributed by atoms with E-state index in [1.165, 1.54) is 6.20 Å². The normalized spacial score (nSPS) is 14.2. The van der Waals surface area contributed by atoms with Gasteiger partial charge in [-0.25, -0.2) is 0 Å². The highest BCUT2D eigenvalue weighted by Gasteiger charge is 2.32. The molecule has 1 heterocycles. The molecular formula is C15H8Br2N2O2. The lowest BCUT2D eigenvalue weighted by Gasteiger charge is -2.18. The van der Waals surface area contributed by atoms with E-state index in [0.29, 0.717) is 5.56 Å². The van der Waals surface area contributed by atoms with Crippen LogP contribution in [-0.2, 0) is 0 Å². The van der Waals surface area contributed by atoms with Gasteiger partial charge in [-0.1, -0.05) is 15.9 Å². The molecule has 1 aliphatic rings. The van der Waals surface area contributed by atoms with Crippen molar-refractivity contribution in [2.75, 3.05) is 5.32 Å². The monoisotopic (exact) mass is 406 g/mol. The highest BCUT2D eigenvalue weighted by molar-refractivity contribution is 9.12. The third-order valence-electron chi connectivity index (χ3n) is 3.03. The lowest BCUT2D eigenvalue weighted by atomic mass is 9.97. The first-order valence-electron chi connectivity index (χ1n) is 6.04. The van der Waals surface area contributed by atoms with Gasteiger partial charge in [-0.15, -0.1) is 0 Å². The molecule has 0 aliphatic heterocycles. The van der Waals surface area contributed by atoms with Gasteiger partial charge in [-0.2, -0.15) is 0 Å². The molecule has 0 radical (unpaired) electrons. The van der Waals surface area contributed by atoms with Gasteiger partial charge in [-0.3, -0.25) is 14.6 Å². The van der Waals surface area contributed by atoms with Crippen LogP contribution in [0.4, 0.5) is 5.69 Å². The van der Waals surface area contributed by atoms with E-state index in [2.05, 4.69) is 42.2 Å². The molecular weight excluding hydrogens is 400 g/mol. The summed E-state index contributed by atoms with van der Waals surface area (Å²) >= 11 is 6.55. The van der Waals surface area contributed by atoms with Crippen LogP contribution in [0.2, 0.25) is 0 Å². The van der Waals surface area contributed by atoms with Gasteiger partial charge in [0.1, 0.15) is 11.4 Å². The summed E-state index contributed by atoms with van der Waals surface area (Å²) in [7, 11) is 0. The zero-order valence-corrected chi connectivity index (χ0v) is 13.7. The van der Waals surface area contributed by atoms with Crippen LogP contribution in [0.25, 0.3) is 0 Å². The average molecular weight is 408 g/mol. The molecule has 0 unspecified atom stereocenters. The molecule has 0 fully saturated rings. The fourth-order valence-corrected chi connectivity index (χ4v) is 2.74. The lowest BCUT2D eigenvalue weighted by molar-refractivity contribution is 0.0979. The van der Waals surface area contributed by atoms with Crippen molar-refractivity contribution in [3.05, 3.63) is 68.5 Å². The zero-order valence-electron chi connectivity index (χ0n) is 10.6. The Morgan fingerprint density at radius 2 is 1.67 bits per heavy atom. The first-order chi connectivity index (χ1) is 10.1. The number of carbonyl (C=O) groups is 2. The van der Waals surface area contributed by atoms with E-state index in [-0.39, 0.29) is 27.4 Å². The summed E-state index contributed by atoms with van der Waals surface area (Å²) in [6.45, 7) is 0. The van der Waals surface area contributed by atoms with Crippen molar-refractivity contribution in [2.45, 2.75) is 0 Å². The number of nitrogens with one attached hydrogen (secondary N) is 1. The van der Waals surface area contributed by atoms with Crippen molar-refractivity contribution in [2.24, 2.45) is 0 Å².